The Morgan fingerprint density at radius 1 is 1.38 bits per heavy atom. The van der Waals surface area contributed by atoms with Crippen LogP contribution in [-0.2, 0) is 15.1 Å². The van der Waals surface area contributed by atoms with Crippen LogP contribution >= 0.6 is 0 Å². The number of nitriles is 1. The van der Waals surface area contributed by atoms with Crippen molar-refractivity contribution >= 4 is 5.91 Å². The third kappa shape index (κ3) is 1.94. The first-order valence-electron chi connectivity index (χ1n) is 8.25. The monoisotopic (exact) mass is 332 g/mol. The normalized spacial score (nSPS) is 31.5. The number of nitrogens with one attached hydrogen (secondary N) is 1. The summed E-state index contributed by atoms with van der Waals surface area (Å²) in [5.74, 6) is -4.64. The number of ether oxygens (including phenoxy) is 1. The van der Waals surface area contributed by atoms with E-state index in [9.17, 15) is 13.6 Å². The van der Waals surface area contributed by atoms with Gasteiger partial charge in [0.15, 0.2) is 0 Å². The Balaban J connectivity index is 1.46. The van der Waals surface area contributed by atoms with E-state index in [1.807, 2.05) is 6.07 Å². The number of amides is 1. The Labute approximate surface area is 138 Å². The number of halogens is 2. The summed E-state index contributed by atoms with van der Waals surface area (Å²) in [4.78, 5) is 12.3. The van der Waals surface area contributed by atoms with E-state index in [-0.39, 0.29) is 6.54 Å². The topological polar surface area (TPSA) is 62.1 Å². The zero-order valence-electron chi connectivity index (χ0n) is 13.1. The lowest BCUT2D eigenvalue weighted by atomic mass is 9.79. The maximum Gasteiger partial charge on any atom is 0.266 e. The summed E-state index contributed by atoms with van der Waals surface area (Å²) in [7, 11) is 0. The first kappa shape index (κ1) is 15.5. The number of nitrogens with zero attached hydrogens (tertiary/aromatic N) is 1. The number of hydrogen-bond acceptors (Lipinski definition) is 3. The van der Waals surface area contributed by atoms with Crippen molar-refractivity contribution < 1.29 is 18.3 Å². The van der Waals surface area contributed by atoms with Gasteiger partial charge in [0.25, 0.3) is 5.92 Å². The first-order chi connectivity index (χ1) is 11.5. The van der Waals surface area contributed by atoms with Crippen LogP contribution < -0.4 is 5.32 Å². The number of carbonyl (C=O) groups is 1. The highest BCUT2D eigenvalue weighted by Crippen LogP contribution is 2.75. The standard InChI is InChI=1S/C18H18F2N2O2/c19-18(20)14(16(18)5-2-6-16)15(23)22-11-17(7-8-24-17)13-4-1-3-12(9-13)10-21/h1,3-4,9,14H,2,5-8,11H2,(H,22,23)/t14?,17-/m1/s1. The maximum absolute atomic E-state index is 14.0. The molecule has 4 rings (SSSR count). The van der Waals surface area contributed by atoms with Gasteiger partial charge in [0.2, 0.25) is 5.91 Å². The van der Waals surface area contributed by atoms with Gasteiger partial charge >= 0.3 is 0 Å². The Bertz CT molecular complexity index is 733. The minimum atomic E-state index is -2.87. The van der Waals surface area contributed by atoms with Gasteiger partial charge in [0, 0.05) is 6.42 Å². The SMILES string of the molecule is N#Cc1cccc([C@]2(CNC(=O)C3C(F)(F)C34CCC4)CCO2)c1. The fourth-order valence-corrected chi connectivity index (χ4v) is 4.13. The Morgan fingerprint density at radius 3 is 2.62 bits per heavy atom. The van der Waals surface area contributed by atoms with Gasteiger partial charge in [-0.25, -0.2) is 8.78 Å². The fourth-order valence-electron chi connectivity index (χ4n) is 4.13. The molecule has 1 spiro atoms. The summed E-state index contributed by atoms with van der Waals surface area (Å²) in [6, 6.07) is 9.10. The van der Waals surface area contributed by atoms with Crippen LogP contribution in [0.1, 0.15) is 36.8 Å². The van der Waals surface area contributed by atoms with Crippen molar-refractivity contribution in [3.63, 3.8) is 0 Å². The summed E-state index contributed by atoms with van der Waals surface area (Å²) in [6.07, 6.45) is 2.33. The molecule has 2 atom stereocenters. The third-order valence-corrected chi connectivity index (χ3v) is 5.95. The molecule has 1 N–H and O–H groups in total. The summed E-state index contributed by atoms with van der Waals surface area (Å²) in [5, 5.41) is 11.7. The molecule has 1 amide bonds. The van der Waals surface area contributed by atoms with Gasteiger partial charge in [-0.05, 0) is 30.5 Å². The van der Waals surface area contributed by atoms with E-state index in [4.69, 9.17) is 10.00 Å². The first-order valence-corrected chi connectivity index (χ1v) is 8.25. The van der Waals surface area contributed by atoms with Crippen LogP contribution in [0, 0.1) is 22.7 Å². The summed E-state index contributed by atoms with van der Waals surface area (Å²) >= 11 is 0. The molecule has 1 heterocycles. The van der Waals surface area contributed by atoms with Gasteiger partial charge < -0.3 is 10.1 Å². The molecule has 126 valence electrons. The number of benzene rings is 1. The van der Waals surface area contributed by atoms with E-state index >= 15 is 0 Å². The highest BCUT2D eigenvalue weighted by molar-refractivity contribution is 5.85. The molecule has 1 unspecified atom stereocenters. The molecule has 0 bridgehead atoms. The lowest BCUT2D eigenvalue weighted by molar-refractivity contribution is -0.156. The van der Waals surface area contributed by atoms with Crippen molar-refractivity contribution in [1.29, 1.82) is 5.26 Å². The van der Waals surface area contributed by atoms with Crippen LogP contribution in [0.2, 0.25) is 0 Å². The lowest BCUT2D eigenvalue weighted by Gasteiger charge is -2.42. The number of alkyl halides is 2. The highest BCUT2D eigenvalue weighted by atomic mass is 19.3. The summed E-state index contributed by atoms with van der Waals surface area (Å²) < 4.78 is 33.6. The second-order valence-electron chi connectivity index (χ2n) is 7.07. The van der Waals surface area contributed by atoms with Gasteiger partial charge in [0.05, 0.1) is 30.2 Å². The van der Waals surface area contributed by atoms with Gasteiger partial charge in [-0.3, -0.25) is 4.79 Å². The minimum absolute atomic E-state index is 0.156. The predicted octanol–water partition coefficient (Wildman–Crippen LogP) is 2.73. The van der Waals surface area contributed by atoms with Gasteiger partial charge in [0.1, 0.15) is 11.5 Å². The zero-order chi connectivity index (χ0) is 17.0. The minimum Gasteiger partial charge on any atom is -0.368 e. The van der Waals surface area contributed by atoms with Crippen molar-refractivity contribution in [2.45, 2.75) is 37.2 Å². The largest absolute Gasteiger partial charge is 0.368 e. The molecule has 3 fully saturated rings. The molecule has 3 aliphatic rings. The summed E-state index contributed by atoms with van der Waals surface area (Å²) in [6.45, 7) is 0.708. The maximum atomic E-state index is 14.0. The van der Waals surface area contributed by atoms with Crippen LogP contribution in [0.4, 0.5) is 8.78 Å². The van der Waals surface area contributed by atoms with E-state index < -0.39 is 28.8 Å². The lowest BCUT2D eigenvalue weighted by Crippen LogP contribution is -2.50. The van der Waals surface area contributed by atoms with E-state index in [1.165, 1.54) is 0 Å². The van der Waals surface area contributed by atoms with E-state index in [0.717, 1.165) is 12.0 Å². The zero-order valence-corrected chi connectivity index (χ0v) is 13.1. The Morgan fingerprint density at radius 2 is 2.12 bits per heavy atom. The van der Waals surface area contributed by atoms with Crippen LogP contribution in [0.3, 0.4) is 0 Å². The molecule has 1 aromatic rings. The average Bonchev–Trinajstić information content (AvgIpc) is 3.03. The predicted molar refractivity (Wildman–Crippen MR) is 81.1 cm³/mol. The van der Waals surface area contributed by atoms with Gasteiger partial charge in [-0.1, -0.05) is 18.6 Å². The molecule has 1 aliphatic heterocycles. The molecule has 2 aliphatic carbocycles. The second-order valence-corrected chi connectivity index (χ2v) is 7.07. The quantitative estimate of drug-likeness (QED) is 0.922. The van der Waals surface area contributed by atoms with E-state index in [1.54, 1.807) is 18.2 Å². The van der Waals surface area contributed by atoms with Crippen LogP contribution in [0.25, 0.3) is 0 Å². The second kappa shape index (κ2) is 5.00. The molecule has 0 aromatic heterocycles. The molecule has 24 heavy (non-hydrogen) atoms. The van der Waals surface area contributed by atoms with Crippen LogP contribution in [-0.4, -0.2) is 25.0 Å². The van der Waals surface area contributed by atoms with Crippen molar-refractivity contribution in [2.24, 2.45) is 11.3 Å². The molecule has 2 saturated carbocycles. The molecule has 4 nitrogen and oxygen atoms in total. The fraction of sp³-hybridized carbons (Fsp3) is 0.556. The molecule has 1 aromatic carbocycles. The number of hydrogen-bond donors (Lipinski definition) is 1. The molecular weight excluding hydrogens is 314 g/mol. The number of carbonyl (C=O) groups excluding carboxylic acids is 1. The Kier molecular flexibility index (Phi) is 3.23. The Hall–Kier alpha value is -2.00. The highest BCUT2D eigenvalue weighted by Gasteiger charge is 2.84. The molecule has 1 saturated heterocycles. The third-order valence-electron chi connectivity index (χ3n) is 5.95. The van der Waals surface area contributed by atoms with E-state index in [2.05, 4.69) is 11.4 Å². The van der Waals surface area contributed by atoms with Crippen molar-refractivity contribution in [3.05, 3.63) is 35.4 Å². The van der Waals surface area contributed by atoms with E-state index in [0.29, 0.717) is 31.4 Å². The van der Waals surface area contributed by atoms with Gasteiger partial charge in [-0.2, -0.15) is 5.26 Å². The smallest absolute Gasteiger partial charge is 0.266 e. The molecule has 6 heteroatoms. The van der Waals surface area contributed by atoms with Crippen molar-refractivity contribution in [3.8, 4) is 6.07 Å². The van der Waals surface area contributed by atoms with Crippen LogP contribution in [0.5, 0.6) is 0 Å². The number of rotatable bonds is 4. The van der Waals surface area contributed by atoms with Crippen molar-refractivity contribution in [2.75, 3.05) is 13.2 Å². The van der Waals surface area contributed by atoms with Crippen LogP contribution in [0.15, 0.2) is 24.3 Å². The average molecular weight is 332 g/mol. The molecular formula is C18H18F2N2O2. The van der Waals surface area contributed by atoms with Crippen molar-refractivity contribution in [1.82, 2.24) is 5.32 Å². The summed E-state index contributed by atoms with van der Waals surface area (Å²) in [5.41, 5.74) is -0.477. The molecule has 0 radical (unpaired) electrons. The van der Waals surface area contributed by atoms with Gasteiger partial charge in [-0.15, -0.1) is 0 Å².